The normalized spacial score (nSPS) is 14.2. The zero-order valence-electron chi connectivity index (χ0n) is 11.2. The summed E-state index contributed by atoms with van der Waals surface area (Å²) in [7, 11) is 6.43. The number of allylic oxidation sites excluding steroid dienone is 1. The largest absolute Gasteiger partial charge is 0.309 e. The average Bonchev–Trinajstić information content (AvgIpc) is 2.23. The molecule has 0 aliphatic carbocycles. The second-order valence-corrected chi connectivity index (χ2v) is 5.10. The molecule has 0 aliphatic rings. The maximum Gasteiger partial charge on any atom is 0.0226 e. The molecule has 96 valence electrons. The maximum atomic E-state index is 5.85. The average molecular weight is 247 g/mol. The lowest BCUT2D eigenvalue weighted by molar-refractivity contribution is 0.261. The van der Waals surface area contributed by atoms with Crippen LogP contribution in [0.4, 0.5) is 0 Å². The van der Waals surface area contributed by atoms with Crippen molar-refractivity contribution in [2.24, 2.45) is 5.92 Å². The number of nitrogens with zero attached hydrogens (tertiary/aromatic N) is 2. The molecule has 0 aliphatic heterocycles. The highest BCUT2D eigenvalue weighted by atomic mass is 35.5. The van der Waals surface area contributed by atoms with Crippen LogP contribution < -0.4 is 0 Å². The third-order valence-corrected chi connectivity index (χ3v) is 2.94. The second kappa shape index (κ2) is 10.1. The molecule has 0 spiro atoms. The van der Waals surface area contributed by atoms with Gasteiger partial charge in [0.15, 0.2) is 0 Å². The van der Waals surface area contributed by atoms with E-state index in [1.54, 1.807) is 0 Å². The van der Waals surface area contributed by atoms with Gasteiger partial charge in [0, 0.05) is 19.0 Å². The first-order valence-corrected chi connectivity index (χ1v) is 6.64. The molecule has 2 nitrogen and oxygen atoms in total. The topological polar surface area (TPSA) is 6.48 Å². The van der Waals surface area contributed by atoms with Crippen molar-refractivity contribution in [2.45, 2.75) is 19.8 Å². The molecule has 0 bridgehead atoms. The van der Waals surface area contributed by atoms with E-state index in [4.69, 9.17) is 11.6 Å². The van der Waals surface area contributed by atoms with Gasteiger partial charge < -0.3 is 9.80 Å². The van der Waals surface area contributed by atoms with E-state index in [1.807, 2.05) is 0 Å². The third kappa shape index (κ3) is 9.20. The minimum absolute atomic E-state index is 0.718. The van der Waals surface area contributed by atoms with Gasteiger partial charge in [-0.3, -0.25) is 0 Å². The fourth-order valence-electron chi connectivity index (χ4n) is 1.72. The predicted molar refractivity (Wildman–Crippen MR) is 74.3 cm³/mol. The van der Waals surface area contributed by atoms with Crippen molar-refractivity contribution in [1.82, 2.24) is 9.80 Å². The van der Waals surface area contributed by atoms with Crippen LogP contribution in [0, 0.1) is 5.92 Å². The molecule has 0 radical (unpaired) electrons. The van der Waals surface area contributed by atoms with Crippen molar-refractivity contribution in [3.63, 3.8) is 0 Å². The van der Waals surface area contributed by atoms with E-state index < -0.39 is 0 Å². The van der Waals surface area contributed by atoms with E-state index in [1.165, 1.54) is 6.42 Å². The molecule has 0 amide bonds. The Bertz CT molecular complexity index is 181. The van der Waals surface area contributed by atoms with Gasteiger partial charge in [-0.1, -0.05) is 12.2 Å². The monoisotopic (exact) mass is 246 g/mol. The van der Waals surface area contributed by atoms with Crippen LogP contribution >= 0.6 is 11.6 Å². The summed E-state index contributed by atoms with van der Waals surface area (Å²) in [5, 5.41) is 0. The Morgan fingerprint density at radius 3 is 2.38 bits per heavy atom. The molecular formula is C13H27ClN2. The van der Waals surface area contributed by atoms with Crippen molar-refractivity contribution in [3.05, 3.63) is 12.2 Å². The summed E-state index contributed by atoms with van der Waals surface area (Å²) in [5.41, 5.74) is 0. The van der Waals surface area contributed by atoms with Crippen molar-refractivity contribution >= 4 is 11.6 Å². The minimum atomic E-state index is 0.718. The lowest BCUT2D eigenvalue weighted by Gasteiger charge is -2.23. The molecule has 16 heavy (non-hydrogen) atoms. The summed E-state index contributed by atoms with van der Waals surface area (Å²) >= 11 is 5.85. The highest BCUT2D eigenvalue weighted by Crippen LogP contribution is 2.11. The SMILES string of the molecule is C/C=C\CN(C)CC(CCCl)CCN(C)C. The molecule has 1 atom stereocenters. The molecular weight excluding hydrogens is 220 g/mol. The standard InChI is InChI=1S/C13H27ClN2/c1-5-6-10-16(4)12-13(7-9-14)8-11-15(2)3/h5-6,13H,7-12H2,1-4H3/b6-5-. The minimum Gasteiger partial charge on any atom is -0.309 e. The van der Waals surface area contributed by atoms with Crippen LogP contribution in [0.1, 0.15) is 19.8 Å². The summed E-state index contributed by atoms with van der Waals surface area (Å²) in [6, 6.07) is 0. The molecule has 0 rings (SSSR count). The fraction of sp³-hybridized carbons (Fsp3) is 0.846. The van der Waals surface area contributed by atoms with Crippen molar-refractivity contribution in [2.75, 3.05) is 46.7 Å². The van der Waals surface area contributed by atoms with E-state index in [0.29, 0.717) is 0 Å². The van der Waals surface area contributed by atoms with Gasteiger partial charge >= 0.3 is 0 Å². The van der Waals surface area contributed by atoms with Crippen LogP contribution in [0.15, 0.2) is 12.2 Å². The third-order valence-electron chi connectivity index (χ3n) is 2.72. The number of alkyl halides is 1. The first kappa shape index (κ1) is 16.0. The van der Waals surface area contributed by atoms with Gasteiger partial charge in [-0.15, -0.1) is 11.6 Å². The predicted octanol–water partition coefficient (Wildman–Crippen LogP) is 2.69. The molecule has 0 saturated carbocycles. The zero-order valence-corrected chi connectivity index (χ0v) is 12.0. The van der Waals surface area contributed by atoms with E-state index in [0.717, 1.165) is 37.9 Å². The van der Waals surface area contributed by atoms with Crippen LogP contribution in [-0.4, -0.2) is 56.5 Å². The number of halogens is 1. The van der Waals surface area contributed by atoms with Gasteiger partial charge in [-0.05, 0) is 53.4 Å². The summed E-state index contributed by atoms with van der Waals surface area (Å²) in [6.07, 6.45) is 6.66. The molecule has 0 saturated heterocycles. The van der Waals surface area contributed by atoms with E-state index in [-0.39, 0.29) is 0 Å². The summed E-state index contributed by atoms with van der Waals surface area (Å²) in [6.45, 7) is 5.40. The Balaban J connectivity index is 3.90. The van der Waals surface area contributed by atoms with Crippen LogP contribution in [0.3, 0.4) is 0 Å². The number of hydrogen-bond donors (Lipinski definition) is 0. The van der Waals surface area contributed by atoms with Crippen LogP contribution in [0.25, 0.3) is 0 Å². The molecule has 0 fully saturated rings. The summed E-state index contributed by atoms with van der Waals surface area (Å²) in [5.74, 6) is 1.49. The quantitative estimate of drug-likeness (QED) is 0.456. The Morgan fingerprint density at radius 2 is 1.88 bits per heavy atom. The van der Waals surface area contributed by atoms with Crippen LogP contribution in [-0.2, 0) is 0 Å². The Kier molecular flexibility index (Phi) is 10.1. The highest BCUT2D eigenvalue weighted by molar-refractivity contribution is 6.17. The molecule has 0 aromatic rings. The van der Waals surface area contributed by atoms with E-state index in [2.05, 4.69) is 50.0 Å². The van der Waals surface area contributed by atoms with E-state index >= 15 is 0 Å². The molecule has 1 unspecified atom stereocenters. The zero-order chi connectivity index (χ0) is 12.4. The number of hydrogen-bond acceptors (Lipinski definition) is 2. The highest BCUT2D eigenvalue weighted by Gasteiger charge is 2.10. The van der Waals surface area contributed by atoms with Crippen molar-refractivity contribution < 1.29 is 0 Å². The molecule has 3 heteroatoms. The maximum absolute atomic E-state index is 5.85. The van der Waals surface area contributed by atoms with Crippen molar-refractivity contribution in [1.29, 1.82) is 0 Å². The first-order chi connectivity index (χ1) is 7.60. The second-order valence-electron chi connectivity index (χ2n) is 4.73. The molecule has 0 N–H and O–H groups in total. The molecule has 0 aromatic heterocycles. The van der Waals surface area contributed by atoms with Gasteiger partial charge in [-0.25, -0.2) is 0 Å². The van der Waals surface area contributed by atoms with E-state index in [9.17, 15) is 0 Å². The Labute approximate surface area is 106 Å². The lowest BCUT2D eigenvalue weighted by Crippen LogP contribution is -2.28. The molecule has 0 heterocycles. The Morgan fingerprint density at radius 1 is 1.19 bits per heavy atom. The van der Waals surface area contributed by atoms with Gasteiger partial charge in [0.1, 0.15) is 0 Å². The number of rotatable bonds is 9. The van der Waals surface area contributed by atoms with Gasteiger partial charge in [0.2, 0.25) is 0 Å². The van der Waals surface area contributed by atoms with Crippen molar-refractivity contribution in [3.8, 4) is 0 Å². The summed E-state index contributed by atoms with van der Waals surface area (Å²) in [4.78, 5) is 4.61. The fourth-order valence-corrected chi connectivity index (χ4v) is 2.03. The Hall–Kier alpha value is -0.0500. The van der Waals surface area contributed by atoms with Crippen LogP contribution in [0.2, 0.25) is 0 Å². The smallest absolute Gasteiger partial charge is 0.0226 e. The molecule has 0 aromatic carbocycles. The van der Waals surface area contributed by atoms with Gasteiger partial charge in [0.05, 0.1) is 0 Å². The first-order valence-electron chi connectivity index (χ1n) is 6.10. The van der Waals surface area contributed by atoms with Crippen LogP contribution in [0.5, 0.6) is 0 Å². The lowest BCUT2D eigenvalue weighted by atomic mass is 10.0. The number of likely N-dealkylation sites (N-methyl/N-ethyl adjacent to an activating group) is 1. The van der Waals surface area contributed by atoms with Gasteiger partial charge in [-0.2, -0.15) is 0 Å². The summed E-state index contributed by atoms with van der Waals surface area (Å²) < 4.78 is 0. The van der Waals surface area contributed by atoms with Gasteiger partial charge in [0.25, 0.3) is 0 Å².